The summed E-state index contributed by atoms with van der Waals surface area (Å²) in [6.45, 7) is 2.84. The van der Waals surface area contributed by atoms with Gasteiger partial charge in [0.15, 0.2) is 0 Å². The number of nitrogens with zero attached hydrogens (tertiary/aromatic N) is 2. The second-order valence-electron chi connectivity index (χ2n) is 4.64. The van der Waals surface area contributed by atoms with Gasteiger partial charge in [0.05, 0.1) is 6.54 Å². The topological polar surface area (TPSA) is 6.48 Å². The molecule has 0 saturated carbocycles. The van der Waals surface area contributed by atoms with Crippen molar-refractivity contribution in [2.24, 2.45) is 0 Å². The summed E-state index contributed by atoms with van der Waals surface area (Å²) < 4.78 is 4.36. The van der Waals surface area contributed by atoms with Gasteiger partial charge in [-0.3, -0.25) is 0 Å². The number of thiocarbonyl (C=S) groups is 1. The maximum atomic E-state index is 5.78. The summed E-state index contributed by atoms with van der Waals surface area (Å²) in [5, 5.41) is 0. The lowest BCUT2D eigenvalue weighted by molar-refractivity contribution is 1.25. The fraction of sp³-hybridized carbons (Fsp3) is 0.133. The molecule has 2 aromatic carbocycles. The minimum absolute atomic E-state index is 0.726. The van der Waals surface area contributed by atoms with E-state index in [1.54, 1.807) is 0 Å². The van der Waals surface area contributed by atoms with Crippen molar-refractivity contribution in [3.63, 3.8) is 0 Å². The summed E-state index contributed by atoms with van der Waals surface area (Å²) in [6.07, 6.45) is 0. The number of anilines is 2. The monoisotopic (exact) mass is 317 g/mol. The van der Waals surface area contributed by atoms with E-state index in [0.717, 1.165) is 17.2 Å². The van der Waals surface area contributed by atoms with Crippen molar-refractivity contribution in [2.45, 2.75) is 6.92 Å². The third-order valence-electron chi connectivity index (χ3n) is 3.29. The fourth-order valence-corrected chi connectivity index (χ4v) is 5.50. The summed E-state index contributed by atoms with van der Waals surface area (Å²) in [7, 11) is -0.891. The van der Waals surface area contributed by atoms with Crippen LogP contribution in [0.2, 0.25) is 0 Å². The zero-order valence-electron chi connectivity index (χ0n) is 11.1. The number of hydrogen-bond acceptors (Lipinski definition) is 3. The summed E-state index contributed by atoms with van der Waals surface area (Å²) in [5.74, 6) is 0. The summed E-state index contributed by atoms with van der Waals surface area (Å²) >= 11 is 11.3. The molecule has 2 aromatic rings. The Morgan fingerprint density at radius 1 is 1.05 bits per heavy atom. The molecule has 0 spiro atoms. The standard InChI is InChI=1S/C15H14N2PS2/c1-12-7-5-6-10-14(12)16-11-15(19)17(18(16)20)13-8-3-2-4-9-13/h2-10H,11H2,1H3/q-1. The van der Waals surface area contributed by atoms with Crippen molar-refractivity contribution < 1.29 is 0 Å². The predicted octanol–water partition coefficient (Wildman–Crippen LogP) is 4.42. The molecule has 1 aliphatic heterocycles. The molecule has 0 N–H and O–H groups in total. The van der Waals surface area contributed by atoms with Crippen molar-refractivity contribution >= 4 is 48.3 Å². The summed E-state index contributed by atoms with van der Waals surface area (Å²) in [5.41, 5.74) is 3.52. The van der Waals surface area contributed by atoms with Crippen LogP contribution in [0.4, 0.5) is 11.4 Å². The molecule has 1 fully saturated rings. The van der Waals surface area contributed by atoms with Gasteiger partial charge in [0.1, 0.15) is 4.99 Å². The Labute approximate surface area is 131 Å². The number of benzene rings is 2. The Balaban J connectivity index is 1.95. The Morgan fingerprint density at radius 2 is 1.70 bits per heavy atom. The smallest absolute Gasteiger partial charge is 0.106 e. The second-order valence-corrected chi connectivity index (χ2v) is 7.48. The van der Waals surface area contributed by atoms with E-state index in [1.807, 2.05) is 24.3 Å². The highest BCUT2D eigenvalue weighted by Gasteiger charge is 2.28. The number of rotatable bonds is 2. The van der Waals surface area contributed by atoms with Crippen LogP contribution in [-0.4, -0.2) is 11.5 Å². The second kappa shape index (κ2) is 5.72. The van der Waals surface area contributed by atoms with Crippen LogP contribution in [0.1, 0.15) is 5.56 Å². The molecule has 0 amide bonds. The first kappa shape index (κ1) is 13.9. The van der Waals surface area contributed by atoms with Crippen LogP contribution in [0.25, 0.3) is 0 Å². The third kappa shape index (κ3) is 2.44. The first-order valence-corrected chi connectivity index (χ1v) is 9.03. The molecule has 102 valence electrons. The first-order valence-electron chi connectivity index (χ1n) is 6.37. The SMILES string of the molecule is Cc1ccccc1N1CC(=S)N(c2ccccc2)P1[S-]. The molecule has 20 heavy (non-hydrogen) atoms. The van der Waals surface area contributed by atoms with E-state index < -0.39 is 7.42 Å². The van der Waals surface area contributed by atoms with Crippen molar-refractivity contribution in [1.29, 1.82) is 0 Å². The van der Waals surface area contributed by atoms with Crippen molar-refractivity contribution in [3.8, 4) is 0 Å². The molecule has 1 heterocycles. The van der Waals surface area contributed by atoms with Crippen LogP contribution in [0, 0.1) is 6.92 Å². The van der Waals surface area contributed by atoms with Crippen LogP contribution in [-0.2, 0) is 12.2 Å². The Hall–Kier alpha value is -1.09. The van der Waals surface area contributed by atoms with Gasteiger partial charge in [0, 0.05) is 11.4 Å². The highest BCUT2D eigenvalue weighted by molar-refractivity contribution is 8.35. The number of hydrogen-bond donors (Lipinski definition) is 0. The van der Waals surface area contributed by atoms with Gasteiger partial charge in [0.25, 0.3) is 0 Å². The van der Waals surface area contributed by atoms with Gasteiger partial charge in [-0.1, -0.05) is 56.0 Å². The first-order chi connectivity index (χ1) is 9.68. The Kier molecular flexibility index (Phi) is 3.97. The predicted molar refractivity (Wildman–Crippen MR) is 94.3 cm³/mol. The van der Waals surface area contributed by atoms with Crippen molar-refractivity contribution in [2.75, 3.05) is 15.9 Å². The maximum absolute atomic E-state index is 5.78. The summed E-state index contributed by atoms with van der Waals surface area (Å²) in [6, 6.07) is 18.5. The van der Waals surface area contributed by atoms with E-state index in [1.165, 1.54) is 11.3 Å². The third-order valence-corrected chi connectivity index (χ3v) is 6.41. The normalized spacial score (nSPS) is 18.7. The molecule has 0 aromatic heterocycles. The van der Waals surface area contributed by atoms with Crippen molar-refractivity contribution in [3.05, 3.63) is 60.2 Å². The number of para-hydroxylation sites is 2. The minimum Gasteiger partial charge on any atom is -0.714 e. The van der Waals surface area contributed by atoms with Gasteiger partial charge in [-0.25, -0.2) is 0 Å². The Bertz CT molecular complexity index is 633. The molecule has 3 rings (SSSR count). The van der Waals surface area contributed by atoms with E-state index >= 15 is 0 Å². The molecule has 5 heteroatoms. The zero-order chi connectivity index (χ0) is 14.1. The molecular formula is C15H14N2PS2-. The van der Waals surface area contributed by atoms with Crippen LogP contribution >= 0.6 is 19.6 Å². The quantitative estimate of drug-likeness (QED) is 0.459. The molecular weight excluding hydrogens is 303 g/mol. The molecule has 1 unspecified atom stereocenters. The average molecular weight is 317 g/mol. The van der Waals surface area contributed by atoms with E-state index in [-0.39, 0.29) is 0 Å². The lowest BCUT2D eigenvalue weighted by atomic mass is 10.2. The molecule has 1 atom stereocenters. The molecule has 1 aliphatic rings. The van der Waals surface area contributed by atoms with E-state index in [0.29, 0.717) is 0 Å². The van der Waals surface area contributed by atoms with Crippen LogP contribution in [0.15, 0.2) is 54.6 Å². The largest absolute Gasteiger partial charge is 0.714 e. The van der Waals surface area contributed by atoms with Gasteiger partial charge in [0.2, 0.25) is 0 Å². The van der Waals surface area contributed by atoms with Crippen LogP contribution < -0.4 is 9.34 Å². The summed E-state index contributed by atoms with van der Waals surface area (Å²) in [4.78, 5) is 0.903. The van der Waals surface area contributed by atoms with E-state index in [9.17, 15) is 0 Å². The molecule has 0 aliphatic carbocycles. The average Bonchev–Trinajstić information content (AvgIpc) is 2.75. The van der Waals surface area contributed by atoms with E-state index in [2.05, 4.69) is 46.6 Å². The number of aryl methyl sites for hydroxylation is 1. The highest BCUT2D eigenvalue weighted by Crippen LogP contribution is 2.52. The zero-order valence-corrected chi connectivity index (χ0v) is 13.6. The van der Waals surface area contributed by atoms with E-state index in [4.69, 9.17) is 24.5 Å². The fourth-order valence-electron chi connectivity index (χ4n) is 2.30. The lowest BCUT2D eigenvalue weighted by Gasteiger charge is -2.38. The van der Waals surface area contributed by atoms with Crippen LogP contribution in [0.5, 0.6) is 0 Å². The highest BCUT2D eigenvalue weighted by atomic mass is 32.7. The van der Waals surface area contributed by atoms with Gasteiger partial charge >= 0.3 is 0 Å². The molecule has 1 saturated heterocycles. The van der Waals surface area contributed by atoms with Gasteiger partial charge in [-0.15, -0.1) is 0 Å². The van der Waals surface area contributed by atoms with Crippen molar-refractivity contribution in [1.82, 2.24) is 0 Å². The molecule has 2 nitrogen and oxygen atoms in total. The van der Waals surface area contributed by atoms with Crippen LogP contribution in [0.3, 0.4) is 0 Å². The molecule has 0 bridgehead atoms. The van der Waals surface area contributed by atoms with Gasteiger partial charge in [-0.2, -0.15) is 0 Å². The molecule has 0 radical (unpaired) electrons. The lowest BCUT2D eigenvalue weighted by Crippen LogP contribution is -2.18. The maximum Gasteiger partial charge on any atom is 0.106 e. The van der Waals surface area contributed by atoms with Gasteiger partial charge < -0.3 is 21.6 Å². The Morgan fingerprint density at radius 3 is 2.40 bits per heavy atom. The minimum atomic E-state index is -0.891. The van der Waals surface area contributed by atoms with Gasteiger partial charge in [-0.05, 0) is 30.7 Å².